The number of amides is 1. The van der Waals surface area contributed by atoms with Crippen LogP contribution >= 0.6 is 0 Å². The first-order valence-electron chi connectivity index (χ1n) is 6.90. The van der Waals surface area contributed by atoms with E-state index in [-0.39, 0.29) is 11.8 Å². The fraction of sp³-hybridized carbons (Fsp3) is 0.533. The molecule has 0 radical (unpaired) electrons. The van der Waals surface area contributed by atoms with Crippen molar-refractivity contribution in [2.45, 2.75) is 32.3 Å². The van der Waals surface area contributed by atoms with Crippen LogP contribution in [0.2, 0.25) is 0 Å². The molecule has 3 rings (SSSR count). The van der Waals surface area contributed by atoms with Crippen molar-refractivity contribution < 1.29 is 14.6 Å². The molecular formula is C15H19NO3. The van der Waals surface area contributed by atoms with Gasteiger partial charge in [0.15, 0.2) is 0 Å². The molecule has 2 unspecified atom stereocenters. The molecule has 4 nitrogen and oxygen atoms in total. The molecule has 1 heterocycles. The van der Waals surface area contributed by atoms with Gasteiger partial charge < -0.3 is 14.7 Å². The molecule has 1 fully saturated rings. The van der Waals surface area contributed by atoms with Crippen molar-refractivity contribution >= 4 is 11.6 Å². The molecule has 1 N–H and O–H groups in total. The van der Waals surface area contributed by atoms with Gasteiger partial charge in [-0.05, 0) is 43.9 Å². The third-order valence-corrected chi connectivity index (χ3v) is 4.04. The van der Waals surface area contributed by atoms with E-state index >= 15 is 0 Å². The van der Waals surface area contributed by atoms with Crippen LogP contribution in [0.4, 0.5) is 5.69 Å². The van der Waals surface area contributed by atoms with E-state index in [1.54, 1.807) is 4.90 Å². The van der Waals surface area contributed by atoms with Crippen LogP contribution < -0.4 is 9.64 Å². The fourth-order valence-electron chi connectivity index (χ4n) is 2.98. The van der Waals surface area contributed by atoms with Crippen molar-refractivity contribution in [2.75, 3.05) is 18.1 Å². The Morgan fingerprint density at radius 2 is 2.26 bits per heavy atom. The first kappa shape index (κ1) is 12.5. The van der Waals surface area contributed by atoms with Gasteiger partial charge in [0, 0.05) is 0 Å². The summed E-state index contributed by atoms with van der Waals surface area (Å²) >= 11 is 0. The maximum absolute atomic E-state index is 12.6. The van der Waals surface area contributed by atoms with Gasteiger partial charge in [-0.25, -0.2) is 0 Å². The molecule has 2 aliphatic rings. The smallest absolute Gasteiger partial charge is 0.232 e. The average Bonchev–Trinajstić information content (AvgIpc) is 2.83. The zero-order valence-corrected chi connectivity index (χ0v) is 11.1. The Morgan fingerprint density at radius 3 is 3.00 bits per heavy atom. The van der Waals surface area contributed by atoms with Gasteiger partial charge in [-0.1, -0.05) is 6.07 Å². The molecule has 0 bridgehead atoms. The number of carbonyl (C=O) groups excluding carboxylic acids is 1. The second-order valence-corrected chi connectivity index (χ2v) is 5.41. The standard InChI is InChI=1S/C15H19NO3/c1-10-5-6-12-14(9-10)19-8-7-16(12)15(18)11-3-2-4-13(11)17/h5-6,9,11,13,17H,2-4,7-8H2,1H3. The van der Waals surface area contributed by atoms with E-state index in [4.69, 9.17) is 4.74 Å². The van der Waals surface area contributed by atoms with Crippen LogP contribution in [-0.2, 0) is 4.79 Å². The highest BCUT2D eigenvalue weighted by Crippen LogP contribution is 2.35. The minimum absolute atomic E-state index is 0.0402. The molecule has 0 spiro atoms. The lowest BCUT2D eigenvalue weighted by molar-refractivity contribution is -0.125. The van der Waals surface area contributed by atoms with E-state index in [2.05, 4.69) is 0 Å². The maximum Gasteiger partial charge on any atom is 0.232 e. The average molecular weight is 261 g/mol. The molecule has 1 aliphatic heterocycles. The van der Waals surface area contributed by atoms with E-state index in [9.17, 15) is 9.90 Å². The predicted octanol–water partition coefficient (Wildman–Crippen LogP) is 1.88. The summed E-state index contributed by atoms with van der Waals surface area (Å²) in [6, 6.07) is 5.88. The first-order chi connectivity index (χ1) is 9.16. The lowest BCUT2D eigenvalue weighted by Crippen LogP contribution is -2.43. The number of anilines is 1. The minimum Gasteiger partial charge on any atom is -0.490 e. The highest BCUT2D eigenvalue weighted by Gasteiger charge is 2.36. The van der Waals surface area contributed by atoms with Gasteiger partial charge in [0.2, 0.25) is 5.91 Å². The third-order valence-electron chi connectivity index (χ3n) is 4.04. The number of carbonyl (C=O) groups is 1. The van der Waals surface area contributed by atoms with Gasteiger partial charge in [-0.2, -0.15) is 0 Å². The summed E-state index contributed by atoms with van der Waals surface area (Å²) in [7, 11) is 0. The Morgan fingerprint density at radius 1 is 1.42 bits per heavy atom. The Bertz CT molecular complexity index is 500. The molecule has 4 heteroatoms. The molecule has 102 valence electrons. The summed E-state index contributed by atoms with van der Waals surface area (Å²) < 4.78 is 5.62. The van der Waals surface area contributed by atoms with Gasteiger partial charge >= 0.3 is 0 Å². The SMILES string of the molecule is Cc1ccc2c(c1)OCCN2C(=O)C1CCCC1O. The van der Waals surface area contributed by atoms with Crippen molar-refractivity contribution in [1.29, 1.82) is 0 Å². The van der Waals surface area contributed by atoms with Gasteiger partial charge in [0.05, 0.1) is 24.3 Å². The van der Waals surface area contributed by atoms with Crippen LogP contribution in [0, 0.1) is 12.8 Å². The quantitative estimate of drug-likeness (QED) is 0.839. The number of nitrogens with zero attached hydrogens (tertiary/aromatic N) is 1. The molecule has 19 heavy (non-hydrogen) atoms. The number of aliphatic hydroxyl groups is 1. The summed E-state index contributed by atoms with van der Waals surface area (Å²) in [6.07, 6.45) is 1.98. The van der Waals surface area contributed by atoms with Gasteiger partial charge in [0.1, 0.15) is 12.4 Å². The number of hydrogen-bond donors (Lipinski definition) is 1. The van der Waals surface area contributed by atoms with Gasteiger partial charge in [0.25, 0.3) is 0 Å². The van der Waals surface area contributed by atoms with Crippen molar-refractivity contribution in [3.8, 4) is 5.75 Å². The zero-order valence-electron chi connectivity index (χ0n) is 11.1. The number of aryl methyl sites for hydroxylation is 1. The van der Waals surface area contributed by atoms with Crippen molar-refractivity contribution in [2.24, 2.45) is 5.92 Å². The monoisotopic (exact) mass is 261 g/mol. The second-order valence-electron chi connectivity index (χ2n) is 5.41. The van der Waals surface area contributed by atoms with Gasteiger partial charge in [-0.15, -0.1) is 0 Å². The molecule has 0 saturated heterocycles. The van der Waals surface area contributed by atoms with Crippen molar-refractivity contribution in [3.05, 3.63) is 23.8 Å². The van der Waals surface area contributed by atoms with E-state index in [0.717, 1.165) is 36.3 Å². The summed E-state index contributed by atoms with van der Waals surface area (Å²) in [4.78, 5) is 14.3. The zero-order chi connectivity index (χ0) is 13.4. The molecule has 1 aromatic carbocycles. The number of ether oxygens (including phenoxy) is 1. The van der Waals surface area contributed by atoms with Crippen molar-refractivity contribution in [3.63, 3.8) is 0 Å². The Balaban J connectivity index is 1.89. The molecule has 2 atom stereocenters. The largest absolute Gasteiger partial charge is 0.490 e. The number of rotatable bonds is 1. The molecular weight excluding hydrogens is 242 g/mol. The van der Waals surface area contributed by atoms with Crippen LogP contribution in [0.1, 0.15) is 24.8 Å². The van der Waals surface area contributed by atoms with Crippen molar-refractivity contribution in [1.82, 2.24) is 0 Å². The number of fused-ring (bicyclic) bond motifs is 1. The topological polar surface area (TPSA) is 49.8 Å². The minimum atomic E-state index is -0.482. The Labute approximate surface area is 113 Å². The van der Waals surface area contributed by atoms with Crippen LogP contribution in [0.5, 0.6) is 5.75 Å². The lowest BCUT2D eigenvalue weighted by atomic mass is 10.0. The highest BCUT2D eigenvalue weighted by atomic mass is 16.5. The molecule has 1 saturated carbocycles. The summed E-state index contributed by atoms with van der Waals surface area (Å²) in [5.41, 5.74) is 1.95. The van der Waals surface area contributed by atoms with E-state index in [1.807, 2.05) is 25.1 Å². The second kappa shape index (κ2) is 4.85. The summed E-state index contributed by atoms with van der Waals surface area (Å²) in [6.45, 7) is 3.09. The van der Waals surface area contributed by atoms with E-state index in [0.29, 0.717) is 13.2 Å². The maximum atomic E-state index is 12.6. The van der Waals surface area contributed by atoms with Crippen LogP contribution in [0.15, 0.2) is 18.2 Å². The highest BCUT2D eigenvalue weighted by molar-refractivity contribution is 5.97. The predicted molar refractivity (Wildman–Crippen MR) is 72.4 cm³/mol. The molecule has 1 aliphatic carbocycles. The summed E-state index contributed by atoms with van der Waals surface area (Å²) in [5.74, 6) is 0.567. The fourth-order valence-corrected chi connectivity index (χ4v) is 2.98. The van der Waals surface area contributed by atoms with E-state index < -0.39 is 6.10 Å². The lowest BCUT2D eigenvalue weighted by Gasteiger charge is -2.32. The first-order valence-corrected chi connectivity index (χ1v) is 6.90. The molecule has 0 aromatic heterocycles. The van der Waals surface area contributed by atoms with Crippen LogP contribution in [-0.4, -0.2) is 30.3 Å². The Hall–Kier alpha value is -1.55. The Kier molecular flexibility index (Phi) is 3.19. The third kappa shape index (κ3) is 2.21. The van der Waals surface area contributed by atoms with Crippen LogP contribution in [0.25, 0.3) is 0 Å². The number of aliphatic hydroxyl groups excluding tert-OH is 1. The normalized spacial score (nSPS) is 25.9. The number of benzene rings is 1. The van der Waals surface area contributed by atoms with E-state index in [1.165, 1.54) is 0 Å². The van der Waals surface area contributed by atoms with Gasteiger partial charge in [-0.3, -0.25) is 4.79 Å². The number of hydrogen-bond acceptors (Lipinski definition) is 3. The summed E-state index contributed by atoms with van der Waals surface area (Å²) in [5, 5.41) is 9.90. The molecule has 1 aromatic rings. The molecule has 1 amide bonds. The van der Waals surface area contributed by atoms with Crippen LogP contribution in [0.3, 0.4) is 0 Å².